The van der Waals surface area contributed by atoms with Gasteiger partial charge in [-0.05, 0) is 50.2 Å². The number of carbonyl (C=O) groups excluding carboxylic acids is 2. The number of nitrogens with one attached hydrogen (secondary N) is 1. The van der Waals surface area contributed by atoms with Crippen molar-refractivity contribution in [2.75, 3.05) is 50.8 Å². The van der Waals surface area contributed by atoms with Crippen LogP contribution in [0.5, 0.6) is 11.5 Å². The second-order valence-electron chi connectivity index (χ2n) is 7.63. The molecule has 0 radical (unpaired) electrons. The SMILES string of the molecule is CCOc1ccc(C(=O)NCC(=O)N2CCN(c3cccc(C(F)(F)F)c3)CC2)cc1OCC. The maximum atomic E-state index is 13.0. The van der Waals surface area contributed by atoms with Gasteiger partial charge in [0, 0.05) is 37.4 Å². The zero-order valence-electron chi connectivity index (χ0n) is 19.2. The van der Waals surface area contributed by atoms with Crippen molar-refractivity contribution in [3.63, 3.8) is 0 Å². The minimum atomic E-state index is -4.40. The minimum Gasteiger partial charge on any atom is -0.490 e. The highest BCUT2D eigenvalue weighted by Gasteiger charge is 2.31. The van der Waals surface area contributed by atoms with E-state index in [0.717, 1.165) is 12.1 Å². The Kier molecular flexibility index (Phi) is 8.25. The lowest BCUT2D eigenvalue weighted by Crippen LogP contribution is -2.51. The van der Waals surface area contributed by atoms with Crippen LogP contribution in [0.15, 0.2) is 42.5 Å². The number of halogens is 3. The minimum absolute atomic E-state index is 0.181. The highest BCUT2D eigenvalue weighted by atomic mass is 19.4. The predicted octanol–water partition coefficient (Wildman–Crippen LogP) is 3.58. The zero-order chi connectivity index (χ0) is 24.7. The van der Waals surface area contributed by atoms with Crippen molar-refractivity contribution in [1.29, 1.82) is 0 Å². The Hall–Kier alpha value is -3.43. The van der Waals surface area contributed by atoms with E-state index in [1.54, 1.807) is 29.2 Å². The number of nitrogens with zero attached hydrogens (tertiary/aromatic N) is 2. The molecule has 1 N–H and O–H groups in total. The van der Waals surface area contributed by atoms with Crippen LogP contribution in [0.3, 0.4) is 0 Å². The molecular weight excluding hydrogens is 451 g/mol. The highest BCUT2D eigenvalue weighted by molar-refractivity contribution is 5.97. The van der Waals surface area contributed by atoms with Crippen LogP contribution in [0, 0.1) is 0 Å². The number of benzene rings is 2. The summed E-state index contributed by atoms with van der Waals surface area (Å²) >= 11 is 0. The predicted molar refractivity (Wildman–Crippen MR) is 121 cm³/mol. The van der Waals surface area contributed by atoms with Gasteiger partial charge in [0.1, 0.15) is 0 Å². The summed E-state index contributed by atoms with van der Waals surface area (Å²) in [5.74, 6) is 0.317. The number of rotatable bonds is 8. The van der Waals surface area contributed by atoms with E-state index < -0.39 is 17.6 Å². The van der Waals surface area contributed by atoms with Gasteiger partial charge in [-0.25, -0.2) is 0 Å². The molecule has 2 aromatic rings. The molecule has 2 amide bonds. The maximum Gasteiger partial charge on any atom is 0.416 e. The molecule has 0 saturated carbocycles. The van der Waals surface area contributed by atoms with Crippen molar-refractivity contribution in [2.24, 2.45) is 0 Å². The third kappa shape index (κ3) is 6.33. The summed E-state index contributed by atoms with van der Waals surface area (Å²) in [6, 6.07) is 9.98. The molecule has 1 fully saturated rings. The first-order valence-electron chi connectivity index (χ1n) is 11.1. The molecular formula is C24H28F3N3O4. The standard InChI is InChI=1S/C24H28F3N3O4/c1-3-33-20-9-8-17(14-21(20)34-4-2)23(32)28-16-22(31)30-12-10-29(11-13-30)19-7-5-6-18(15-19)24(25,26)27/h5-9,14-15H,3-4,10-13,16H2,1-2H3,(H,28,32). The normalized spacial score (nSPS) is 14.0. The molecule has 1 saturated heterocycles. The van der Waals surface area contributed by atoms with Gasteiger partial charge < -0.3 is 24.6 Å². The lowest BCUT2D eigenvalue weighted by atomic mass is 10.1. The number of hydrogen-bond acceptors (Lipinski definition) is 5. The number of carbonyl (C=O) groups is 2. The van der Waals surface area contributed by atoms with Crippen molar-refractivity contribution in [2.45, 2.75) is 20.0 Å². The van der Waals surface area contributed by atoms with E-state index in [2.05, 4.69) is 5.32 Å². The number of amides is 2. The average Bonchev–Trinajstić information content (AvgIpc) is 2.83. The van der Waals surface area contributed by atoms with Crippen molar-refractivity contribution in [1.82, 2.24) is 10.2 Å². The fourth-order valence-electron chi connectivity index (χ4n) is 3.66. The van der Waals surface area contributed by atoms with Crippen LogP contribution in [0.25, 0.3) is 0 Å². The number of hydrogen-bond donors (Lipinski definition) is 1. The van der Waals surface area contributed by atoms with Crippen LogP contribution in [0.2, 0.25) is 0 Å². The van der Waals surface area contributed by atoms with Gasteiger partial charge in [-0.2, -0.15) is 13.2 Å². The molecule has 2 aromatic carbocycles. The summed E-state index contributed by atoms with van der Waals surface area (Å²) in [5, 5.41) is 2.62. The van der Waals surface area contributed by atoms with Crippen LogP contribution in [-0.2, 0) is 11.0 Å². The molecule has 34 heavy (non-hydrogen) atoms. The Balaban J connectivity index is 1.53. The van der Waals surface area contributed by atoms with E-state index in [9.17, 15) is 22.8 Å². The quantitative estimate of drug-likeness (QED) is 0.627. The summed E-state index contributed by atoms with van der Waals surface area (Å²) < 4.78 is 49.9. The third-order valence-corrected chi connectivity index (χ3v) is 5.38. The lowest BCUT2D eigenvalue weighted by molar-refractivity contribution is -0.137. The van der Waals surface area contributed by atoms with Gasteiger partial charge in [0.15, 0.2) is 11.5 Å². The summed E-state index contributed by atoms with van der Waals surface area (Å²) in [4.78, 5) is 28.5. The molecule has 0 aromatic heterocycles. The van der Waals surface area contributed by atoms with Crippen LogP contribution in [0.1, 0.15) is 29.8 Å². The number of ether oxygens (including phenoxy) is 2. The Bertz CT molecular complexity index is 1010. The maximum absolute atomic E-state index is 13.0. The van der Waals surface area contributed by atoms with Crippen molar-refractivity contribution in [3.05, 3.63) is 53.6 Å². The van der Waals surface area contributed by atoms with Crippen LogP contribution < -0.4 is 19.7 Å². The molecule has 0 spiro atoms. The molecule has 0 aliphatic carbocycles. The topological polar surface area (TPSA) is 71.1 Å². The second-order valence-corrected chi connectivity index (χ2v) is 7.63. The number of piperazine rings is 1. The van der Waals surface area contributed by atoms with Crippen molar-refractivity contribution >= 4 is 17.5 Å². The second kappa shape index (κ2) is 11.1. The van der Waals surface area contributed by atoms with Gasteiger partial charge >= 0.3 is 6.18 Å². The lowest BCUT2D eigenvalue weighted by Gasteiger charge is -2.36. The summed E-state index contributed by atoms with van der Waals surface area (Å²) in [6.45, 7) is 5.87. The number of anilines is 1. The average molecular weight is 479 g/mol. The Labute approximate surface area is 196 Å². The van der Waals surface area contributed by atoms with E-state index in [4.69, 9.17) is 9.47 Å². The molecule has 0 atom stereocenters. The fraction of sp³-hybridized carbons (Fsp3) is 0.417. The van der Waals surface area contributed by atoms with Gasteiger partial charge in [-0.3, -0.25) is 9.59 Å². The molecule has 0 bridgehead atoms. The molecule has 1 heterocycles. The molecule has 0 unspecified atom stereocenters. The fourth-order valence-corrected chi connectivity index (χ4v) is 3.66. The molecule has 1 aliphatic rings. The van der Waals surface area contributed by atoms with Gasteiger partial charge in [0.25, 0.3) is 5.91 Å². The first kappa shape index (κ1) is 25.2. The monoisotopic (exact) mass is 479 g/mol. The summed E-state index contributed by atoms with van der Waals surface area (Å²) in [5.41, 5.74) is 0.109. The summed E-state index contributed by atoms with van der Waals surface area (Å²) in [6.07, 6.45) is -4.40. The third-order valence-electron chi connectivity index (χ3n) is 5.38. The first-order valence-corrected chi connectivity index (χ1v) is 11.1. The van der Waals surface area contributed by atoms with Crippen LogP contribution >= 0.6 is 0 Å². The van der Waals surface area contributed by atoms with E-state index >= 15 is 0 Å². The van der Waals surface area contributed by atoms with Gasteiger partial charge in [0.2, 0.25) is 5.91 Å². The molecule has 7 nitrogen and oxygen atoms in total. The molecule has 3 rings (SSSR count). The van der Waals surface area contributed by atoms with Crippen molar-refractivity contribution < 1.29 is 32.2 Å². The van der Waals surface area contributed by atoms with Crippen molar-refractivity contribution in [3.8, 4) is 11.5 Å². The first-order chi connectivity index (χ1) is 16.2. The smallest absolute Gasteiger partial charge is 0.416 e. The number of alkyl halides is 3. The Morgan fingerprint density at radius 1 is 0.941 bits per heavy atom. The molecule has 184 valence electrons. The van der Waals surface area contributed by atoms with E-state index in [-0.39, 0.29) is 12.5 Å². The van der Waals surface area contributed by atoms with E-state index in [1.807, 2.05) is 18.7 Å². The Morgan fingerprint density at radius 2 is 1.62 bits per heavy atom. The summed E-state index contributed by atoms with van der Waals surface area (Å²) in [7, 11) is 0. The van der Waals surface area contributed by atoms with Gasteiger partial charge in [-0.1, -0.05) is 6.07 Å². The largest absolute Gasteiger partial charge is 0.490 e. The van der Waals surface area contributed by atoms with E-state index in [0.29, 0.717) is 62.1 Å². The molecule has 1 aliphatic heterocycles. The Morgan fingerprint density at radius 3 is 2.26 bits per heavy atom. The van der Waals surface area contributed by atoms with Gasteiger partial charge in [0.05, 0.1) is 25.3 Å². The van der Waals surface area contributed by atoms with E-state index in [1.165, 1.54) is 6.07 Å². The zero-order valence-corrected chi connectivity index (χ0v) is 19.2. The highest BCUT2D eigenvalue weighted by Crippen LogP contribution is 2.32. The van der Waals surface area contributed by atoms with Crippen LogP contribution in [0.4, 0.5) is 18.9 Å². The molecule has 10 heteroatoms. The van der Waals surface area contributed by atoms with Gasteiger partial charge in [-0.15, -0.1) is 0 Å². The van der Waals surface area contributed by atoms with Crippen LogP contribution in [-0.4, -0.2) is 62.7 Å².